The van der Waals surface area contributed by atoms with Gasteiger partial charge in [0.1, 0.15) is 0 Å². The van der Waals surface area contributed by atoms with E-state index in [1.165, 1.54) is 13.8 Å². The van der Waals surface area contributed by atoms with Gasteiger partial charge in [-0.2, -0.15) is 0 Å². The highest BCUT2D eigenvalue weighted by atomic mass is 31.1. The Hall–Kier alpha value is 0.110. The summed E-state index contributed by atoms with van der Waals surface area (Å²) in [7, 11) is -2.89. The maximum absolute atomic E-state index is 9.97. The van der Waals surface area contributed by atoms with Crippen molar-refractivity contribution in [3.8, 4) is 0 Å². The highest BCUT2D eigenvalue weighted by Crippen LogP contribution is 2.18. The average Bonchev–Trinajstić information content (AvgIpc) is 1.63. The molecule has 9 heavy (non-hydrogen) atoms. The maximum Gasteiger partial charge on any atom is 0.316 e. The van der Waals surface area contributed by atoms with Crippen molar-refractivity contribution in [2.24, 2.45) is 0 Å². The normalized spacial score (nSPS) is 20.9. The number of aliphatic hydroxyl groups is 1. The fraction of sp³-hybridized carbons (Fsp3) is 1.00. The summed E-state index contributed by atoms with van der Waals surface area (Å²) in [4.78, 5) is 8.18. The molecule has 2 N–H and O–H groups in total. The van der Waals surface area contributed by atoms with E-state index in [4.69, 9.17) is 10.00 Å². The fourth-order valence-corrected chi connectivity index (χ4v) is 0.772. The molecule has 0 aromatic rings. The lowest BCUT2D eigenvalue weighted by Gasteiger charge is -2.11. The van der Waals surface area contributed by atoms with Gasteiger partial charge in [-0.25, -0.2) is 0 Å². The minimum Gasteiger partial charge on any atom is -0.391 e. The van der Waals surface area contributed by atoms with Crippen LogP contribution in [0.25, 0.3) is 0 Å². The van der Waals surface area contributed by atoms with E-state index in [-0.39, 0.29) is 0 Å². The molecule has 0 aromatic carbocycles. The standard InChI is InChI=1S/C4H11O4P/c1-3(5)4(2)8-9(6)7/h3-5,9H,1-2H3,(H,6,7). The molecule has 3 atom stereocenters. The second-order valence-electron chi connectivity index (χ2n) is 1.83. The van der Waals surface area contributed by atoms with Crippen molar-refractivity contribution in [2.75, 3.05) is 0 Å². The van der Waals surface area contributed by atoms with E-state index in [0.717, 1.165) is 0 Å². The predicted molar refractivity (Wildman–Crippen MR) is 33.4 cm³/mol. The zero-order valence-corrected chi connectivity index (χ0v) is 6.37. The van der Waals surface area contributed by atoms with Crippen molar-refractivity contribution in [2.45, 2.75) is 26.1 Å². The summed E-state index contributed by atoms with van der Waals surface area (Å²) in [5.74, 6) is 0. The molecule has 56 valence electrons. The molecule has 4 nitrogen and oxygen atoms in total. The zero-order valence-electron chi connectivity index (χ0n) is 5.37. The Labute approximate surface area is 54.4 Å². The Kier molecular flexibility index (Phi) is 4.06. The lowest BCUT2D eigenvalue weighted by atomic mass is 10.3. The molecule has 0 rings (SSSR count). The quantitative estimate of drug-likeness (QED) is 0.568. The van der Waals surface area contributed by atoms with Crippen molar-refractivity contribution >= 4 is 8.25 Å². The molecular weight excluding hydrogens is 143 g/mol. The summed E-state index contributed by atoms with van der Waals surface area (Å²) in [5.41, 5.74) is 0. The Morgan fingerprint density at radius 1 is 1.56 bits per heavy atom. The second-order valence-corrected chi connectivity index (χ2v) is 2.60. The van der Waals surface area contributed by atoms with Gasteiger partial charge in [0.25, 0.3) is 0 Å². The third-order valence-electron chi connectivity index (χ3n) is 0.966. The van der Waals surface area contributed by atoms with Crippen LogP contribution < -0.4 is 0 Å². The summed E-state index contributed by atoms with van der Waals surface area (Å²) < 4.78 is 14.3. The van der Waals surface area contributed by atoms with Gasteiger partial charge >= 0.3 is 8.25 Å². The maximum atomic E-state index is 9.97. The number of hydrogen-bond acceptors (Lipinski definition) is 3. The molecule has 0 radical (unpaired) electrons. The number of aliphatic hydroxyl groups excluding tert-OH is 1. The van der Waals surface area contributed by atoms with Crippen LogP contribution >= 0.6 is 8.25 Å². The van der Waals surface area contributed by atoms with E-state index >= 15 is 0 Å². The SMILES string of the molecule is CC(O)C(C)O[PH](=O)O. The molecule has 5 heteroatoms. The summed E-state index contributed by atoms with van der Waals surface area (Å²) in [6.07, 6.45) is -1.27. The van der Waals surface area contributed by atoms with Crippen LogP contribution in [-0.4, -0.2) is 22.2 Å². The third-order valence-corrected chi connectivity index (χ3v) is 1.54. The van der Waals surface area contributed by atoms with Crippen LogP contribution in [0.15, 0.2) is 0 Å². The molecule has 0 saturated heterocycles. The molecule has 0 heterocycles. The molecular formula is C4H11O4P. The van der Waals surface area contributed by atoms with Crippen LogP contribution in [0.1, 0.15) is 13.8 Å². The Balaban J connectivity index is 3.50. The molecule has 0 aliphatic rings. The number of rotatable bonds is 3. The van der Waals surface area contributed by atoms with Crippen LogP contribution in [0.4, 0.5) is 0 Å². The Morgan fingerprint density at radius 2 is 2.00 bits per heavy atom. The van der Waals surface area contributed by atoms with Gasteiger partial charge in [0.2, 0.25) is 0 Å². The highest BCUT2D eigenvalue weighted by Gasteiger charge is 2.10. The number of hydrogen-bond donors (Lipinski definition) is 2. The first kappa shape index (κ1) is 9.11. The Bertz CT molecular complexity index is 103. The molecule has 0 fully saturated rings. The van der Waals surface area contributed by atoms with Crippen molar-refractivity contribution in [1.82, 2.24) is 0 Å². The van der Waals surface area contributed by atoms with Crippen molar-refractivity contribution in [3.05, 3.63) is 0 Å². The van der Waals surface area contributed by atoms with E-state index in [2.05, 4.69) is 4.52 Å². The van der Waals surface area contributed by atoms with Crippen LogP contribution in [0.2, 0.25) is 0 Å². The van der Waals surface area contributed by atoms with Gasteiger partial charge in [-0.1, -0.05) is 0 Å². The first-order valence-electron chi connectivity index (χ1n) is 2.61. The molecule has 0 amide bonds. The van der Waals surface area contributed by atoms with Crippen LogP contribution in [0, 0.1) is 0 Å². The van der Waals surface area contributed by atoms with E-state index < -0.39 is 20.5 Å². The molecule has 0 bridgehead atoms. The summed E-state index contributed by atoms with van der Waals surface area (Å²) in [6, 6.07) is 0. The molecule has 0 aromatic heterocycles. The molecule has 0 aliphatic carbocycles. The zero-order chi connectivity index (χ0) is 7.44. The summed E-state index contributed by atoms with van der Waals surface area (Å²) >= 11 is 0. The highest BCUT2D eigenvalue weighted by molar-refractivity contribution is 7.32. The molecule has 0 aliphatic heterocycles. The van der Waals surface area contributed by atoms with Gasteiger partial charge in [-0.15, -0.1) is 0 Å². The third kappa shape index (κ3) is 4.60. The second kappa shape index (κ2) is 4.01. The topological polar surface area (TPSA) is 66.8 Å². The molecule has 3 unspecified atom stereocenters. The summed E-state index contributed by atoms with van der Waals surface area (Å²) in [6.45, 7) is 3.03. The lowest BCUT2D eigenvalue weighted by Crippen LogP contribution is -2.19. The fourth-order valence-electron chi connectivity index (χ4n) is 0.257. The van der Waals surface area contributed by atoms with E-state index in [0.29, 0.717) is 0 Å². The van der Waals surface area contributed by atoms with Gasteiger partial charge in [-0.3, -0.25) is 4.57 Å². The summed E-state index contributed by atoms with van der Waals surface area (Å²) in [5, 5.41) is 8.71. The van der Waals surface area contributed by atoms with E-state index in [1.54, 1.807) is 0 Å². The van der Waals surface area contributed by atoms with Gasteiger partial charge in [0, 0.05) is 0 Å². The van der Waals surface area contributed by atoms with Crippen LogP contribution in [0.3, 0.4) is 0 Å². The van der Waals surface area contributed by atoms with E-state index in [1.807, 2.05) is 0 Å². The van der Waals surface area contributed by atoms with Gasteiger partial charge in [0.05, 0.1) is 12.2 Å². The Morgan fingerprint density at radius 3 is 2.11 bits per heavy atom. The van der Waals surface area contributed by atoms with Gasteiger partial charge in [0.15, 0.2) is 0 Å². The smallest absolute Gasteiger partial charge is 0.316 e. The first-order chi connectivity index (χ1) is 4.04. The van der Waals surface area contributed by atoms with E-state index in [9.17, 15) is 4.57 Å². The molecule has 0 saturated carbocycles. The monoisotopic (exact) mass is 154 g/mol. The minimum absolute atomic E-state index is 0.568. The van der Waals surface area contributed by atoms with Crippen molar-refractivity contribution in [3.63, 3.8) is 0 Å². The van der Waals surface area contributed by atoms with Crippen molar-refractivity contribution in [1.29, 1.82) is 0 Å². The molecule has 0 spiro atoms. The minimum atomic E-state index is -2.89. The first-order valence-corrected chi connectivity index (χ1v) is 3.88. The van der Waals surface area contributed by atoms with Crippen LogP contribution in [0.5, 0.6) is 0 Å². The van der Waals surface area contributed by atoms with Crippen molar-refractivity contribution < 1.29 is 19.1 Å². The lowest BCUT2D eigenvalue weighted by molar-refractivity contribution is 0.0581. The predicted octanol–water partition coefficient (Wildman–Crippen LogP) is 0.154. The van der Waals surface area contributed by atoms with Gasteiger partial charge < -0.3 is 14.5 Å². The average molecular weight is 154 g/mol. The van der Waals surface area contributed by atoms with Gasteiger partial charge in [-0.05, 0) is 13.8 Å². The largest absolute Gasteiger partial charge is 0.391 e. The van der Waals surface area contributed by atoms with Crippen LogP contribution in [-0.2, 0) is 9.09 Å².